The summed E-state index contributed by atoms with van der Waals surface area (Å²) in [7, 11) is 2.15. The lowest BCUT2D eigenvalue weighted by Gasteiger charge is -2.20. The Hall–Kier alpha value is -0.580. The normalized spacial score (nSPS) is 12.1. The molecule has 0 atom stereocenters. The van der Waals surface area contributed by atoms with Crippen LogP contribution in [0.15, 0.2) is 18.3 Å². The lowest BCUT2D eigenvalue weighted by Crippen LogP contribution is -2.35. The number of pyridine rings is 1. The van der Waals surface area contributed by atoms with Crippen molar-refractivity contribution in [1.29, 1.82) is 0 Å². The molecule has 1 aromatic rings. The Morgan fingerprint density at radius 2 is 2.05 bits per heavy atom. The summed E-state index contributed by atoms with van der Waals surface area (Å²) in [5, 5.41) is 3.47. The van der Waals surface area contributed by atoms with Gasteiger partial charge in [0, 0.05) is 37.1 Å². The smallest absolute Gasteiger partial charge is 0.0544 e. The molecule has 0 saturated carbocycles. The molecule has 0 unspecified atom stereocenters. The van der Waals surface area contributed by atoms with Gasteiger partial charge in [0.25, 0.3) is 0 Å². The van der Waals surface area contributed by atoms with Crippen LogP contribution < -0.4 is 5.32 Å². The third-order valence-electron chi connectivity index (χ3n) is 2.82. The van der Waals surface area contributed by atoms with E-state index in [1.165, 1.54) is 11.3 Å². The fraction of sp³-hybridized carbons (Fsp3) is 0.667. The zero-order chi connectivity index (χ0) is 14.3. The van der Waals surface area contributed by atoms with Crippen LogP contribution in [0.1, 0.15) is 32.0 Å². The van der Waals surface area contributed by atoms with E-state index in [-0.39, 0.29) is 5.54 Å². The highest BCUT2D eigenvalue weighted by Gasteiger charge is 2.08. The summed E-state index contributed by atoms with van der Waals surface area (Å²) in [4.78, 5) is 6.85. The van der Waals surface area contributed by atoms with Crippen LogP contribution in [0.5, 0.6) is 0 Å². The summed E-state index contributed by atoms with van der Waals surface area (Å²) in [5.41, 5.74) is 2.53. The van der Waals surface area contributed by atoms with E-state index in [9.17, 15) is 0 Å². The van der Waals surface area contributed by atoms with Crippen molar-refractivity contribution < 1.29 is 0 Å². The first-order valence-electron chi connectivity index (χ1n) is 6.77. The van der Waals surface area contributed by atoms with E-state index in [0.717, 1.165) is 25.3 Å². The van der Waals surface area contributed by atoms with Crippen molar-refractivity contribution in [2.24, 2.45) is 0 Å². The molecule has 0 radical (unpaired) electrons. The molecule has 1 rings (SSSR count). The van der Waals surface area contributed by atoms with Gasteiger partial charge in [-0.1, -0.05) is 6.07 Å². The summed E-state index contributed by atoms with van der Waals surface area (Å²) in [6.07, 6.45) is 4.12. The van der Waals surface area contributed by atoms with E-state index < -0.39 is 0 Å². The van der Waals surface area contributed by atoms with Gasteiger partial charge in [-0.3, -0.25) is 9.88 Å². The van der Waals surface area contributed by atoms with Gasteiger partial charge in [-0.25, -0.2) is 0 Å². The number of aromatic nitrogens is 1. The molecule has 3 nitrogen and oxygen atoms in total. The summed E-state index contributed by atoms with van der Waals surface area (Å²) >= 11 is 1.88. The maximum absolute atomic E-state index is 4.54. The van der Waals surface area contributed by atoms with Crippen molar-refractivity contribution in [1.82, 2.24) is 15.2 Å². The van der Waals surface area contributed by atoms with Crippen LogP contribution in [0.4, 0.5) is 0 Å². The monoisotopic (exact) mass is 281 g/mol. The molecule has 1 N–H and O–H groups in total. The lowest BCUT2D eigenvalue weighted by atomic mass is 10.1. The Balaban J connectivity index is 2.43. The standard InChI is InChI=1S/C15H27N3S/c1-15(2,3)17-11-13-6-7-14(16-10-13)12-18(4)8-9-19-5/h6-7,10,17H,8-9,11-12H2,1-5H3. The van der Waals surface area contributed by atoms with Crippen molar-refractivity contribution in [2.75, 3.05) is 25.6 Å². The minimum absolute atomic E-state index is 0.150. The van der Waals surface area contributed by atoms with Crippen LogP contribution in [0.2, 0.25) is 0 Å². The Morgan fingerprint density at radius 3 is 2.58 bits per heavy atom. The van der Waals surface area contributed by atoms with E-state index in [2.05, 4.69) is 61.4 Å². The Morgan fingerprint density at radius 1 is 1.32 bits per heavy atom. The fourth-order valence-corrected chi connectivity index (χ4v) is 2.12. The van der Waals surface area contributed by atoms with Crippen LogP contribution in [0.3, 0.4) is 0 Å². The van der Waals surface area contributed by atoms with Gasteiger partial charge in [0.15, 0.2) is 0 Å². The Kier molecular flexibility index (Phi) is 6.83. The SMILES string of the molecule is CSCCN(C)Cc1ccc(CNC(C)(C)C)cn1. The zero-order valence-electron chi connectivity index (χ0n) is 12.9. The number of thioether (sulfide) groups is 1. The fourth-order valence-electron chi connectivity index (χ4n) is 1.62. The summed E-state index contributed by atoms with van der Waals surface area (Å²) in [6.45, 7) is 9.43. The quantitative estimate of drug-likeness (QED) is 0.832. The Labute approximate surface area is 122 Å². The molecular formula is C15H27N3S. The molecule has 0 amide bonds. The molecule has 4 heteroatoms. The second-order valence-corrected chi connectivity index (χ2v) is 6.98. The molecule has 0 saturated heterocycles. The minimum Gasteiger partial charge on any atom is -0.308 e. The average Bonchev–Trinajstić information content (AvgIpc) is 2.34. The van der Waals surface area contributed by atoms with E-state index >= 15 is 0 Å². The maximum atomic E-state index is 4.54. The van der Waals surface area contributed by atoms with Gasteiger partial charge in [0.2, 0.25) is 0 Å². The van der Waals surface area contributed by atoms with Crippen molar-refractivity contribution in [3.63, 3.8) is 0 Å². The topological polar surface area (TPSA) is 28.2 Å². The lowest BCUT2D eigenvalue weighted by molar-refractivity contribution is 0.344. The Bertz CT molecular complexity index is 357. The van der Waals surface area contributed by atoms with Crippen LogP contribution in [-0.2, 0) is 13.1 Å². The third kappa shape index (κ3) is 7.55. The van der Waals surface area contributed by atoms with Crippen molar-refractivity contribution >= 4 is 11.8 Å². The van der Waals surface area contributed by atoms with Gasteiger partial charge in [-0.05, 0) is 45.7 Å². The predicted octanol–water partition coefficient (Wildman–Crippen LogP) is 2.76. The minimum atomic E-state index is 0.150. The highest BCUT2D eigenvalue weighted by molar-refractivity contribution is 7.98. The first-order chi connectivity index (χ1) is 8.90. The first-order valence-corrected chi connectivity index (χ1v) is 8.16. The van der Waals surface area contributed by atoms with Crippen LogP contribution in [0.25, 0.3) is 0 Å². The summed E-state index contributed by atoms with van der Waals surface area (Å²) < 4.78 is 0. The molecule has 0 aliphatic rings. The highest BCUT2D eigenvalue weighted by Crippen LogP contribution is 2.06. The van der Waals surface area contributed by atoms with Gasteiger partial charge >= 0.3 is 0 Å². The zero-order valence-corrected chi connectivity index (χ0v) is 13.7. The predicted molar refractivity (Wildman–Crippen MR) is 85.5 cm³/mol. The molecule has 0 aliphatic carbocycles. The molecular weight excluding hydrogens is 254 g/mol. The van der Waals surface area contributed by atoms with E-state index in [1.807, 2.05) is 18.0 Å². The molecule has 0 fully saturated rings. The summed E-state index contributed by atoms with van der Waals surface area (Å²) in [5.74, 6) is 1.17. The van der Waals surface area contributed by atoms with E-state index in [4.69, 9.17) is 0 Å². The molecule has 1 heterocycles. The number of nitrogens with zero attached hydrogens (tertiary/aromatic N) is 2. The van der Waals surface area contributed by atoms with Gasteiger partial charge in [0.05, 0.1) is 5.69 Å². The van der Waals surface area contributed by atoms with Crippen molar-refractivity contribution in [2.45, 2.75) is 39.4 Å². The van der Waals surface area contributed by atoms with Crippen molar-refractivity contribution in [3.05, 3.63) is 29.6 Å². The number of rotatable bonds is 7. The largest absolute Gasteiger partial charge is 0.308 e. The molecule has 19 heavy (non-hydrogen) atoms. The maximum Gasteiger partial charge on any atom is 0.0544 e. The molecule has 0 bridgehead atoms. The molecule has 0 aliphatic heterocycles. The molecule has 0 aromatic carbocycles. The van der Waals surface area contributed by atoms with Gasteiger partial charge in [-0.15, -0.1) is 0 Å². The highest BCUT2D eigenvalue weighted by atomic mass is 32.2. The molecule has 108 valence electrons. The second-order valence-electron chi connectivity index (χ2n) is 5.99. The first kappa shape index (κ1) is 16.5. The van der Waals surface area contributed by atoms with Crippen LogP contribution >= 0.6 is 11.8 Å². The number of hydrogen-bond donors (Lipinski definition) is 1. The van der Waals surface area contributed by atoms with Gasteiger partial charge in [-0.2, -0.15) is 11.8 Å². The van der Waals surface area contributed by atoms with Gasteiger partial charge in [0.1, 0.15) is 0 Å². The second kappa shape index (κ2) is 7.88. The van der Waals surface area contributed by atoms with Crippen molar-refractivity contribution in [3.8, 4) is 0 Å². The van der Waals surface area contributed by atoms with Gasteiger partial charge < -0.3 is 5.32 Å². The third-order valence-corrected chi connectivity index (χ3v) is 3.41. The van der Waals surface area contributed by atoms with E-state index in [0.29, 0.717) is 0 Å². The number of hydrogen-bond acceptors (Lipinski definition) is 4. The molecule has 1 aromatic heterocycles. The van der Waals surface area contributed by atoms with E-state index in [1.54, 1.807) is 0 Å². The molecule has 0 spiro atoms. The average molecular weight is 281 g/mol. The van der Waals surface area contributed by atoms with Crippen LogP contribution in [0, 0.1) is 0 Å². The summed E-state index contributed by atoms with van der Waals surface area (Å²) in [6, 6.07) is 4.30. The van der Waals surface area contributed by atoms with Crippen LogP contribution in [-0.4, -0.2) is 41.0 Å². The number of nitrogens with one attached hydrogen (secondary N) is 1.